The second kappa shape index (κ2) is 5.31. The summed E-state index contributed by atoms with van der Waals surface area (Å²) in [5.74, 6) is 0.854. The lowest BCUT2D eigenvalue weighted by Crippen LogP contribution is -2.37. The second-order valence-corrected chi connectivity index (χ2v) is 5.15. The van der Waals surface area contributed by atoms with Gasteiger partial charge in [-0.3, -0.25) is 9.47 Å². The van der Waals surface area contributed by atoms with Crippen LogP contribution in [0.1, 0.15) is 0 Å². The second-order valence-electron chi connectivity index (χ2n) is 5.15. The van der Waals surface area contributed by atoms with Crippen LogP contribution in [0, 0.1) is 0 Å². The fourth-order valence-electron chi connectivity index (χ4n) is 2.71. The van der Waals surface area contributed by atoms with Crippen LogP contribution in [0.5, 0.6) is 0 Å². The Hall–Kier alpha value is -2.18. The van der Waals surface area contributed by atoms with E-state index < -0.39 is 0 Å². The van der Waals surface area contributed by atoms with Gasteiger partial charge in [0.25, 0.3) is 0 Å². The summed E-state index contributed by atoms with van der Waals surface area (Å²) in [4.78, 5) is 7.11. The predicted molar refractivity (Wildman–Crippen MR) is 79.2 cm³/mol. The van der Waals surface area contributed by atoms with Crippen LogP contribution < -0.4 is 0 Å². The van der Waals surface area contributed by atoms with Gasteiger partial charge in [-0.05, 0) is 18.2 Å². The average molecular weight is 283 g/mol. The molecule has 0 unspecified atom stereocenters. The minimum atomic E-state index is 0.795. The standard InChI is InChI=1S/C15H17N5O/c1-2-5-14-13(4-1)17-15(20-7-3-6-16-20)19(14)12-18-8-10-21-11-9-18/h1-7H,8-12H2. The number of aromatic nitrogens is 4. The van der Waals surface area contributed by atoms with Crippen molar-refractivity contribution in [3.8, 4) is 5.95 Å². The molecule has 0 amide bonds. The monoisotopic (exact) mass is 283 g/mol. The highest BCUT2D eigenvalue weighted by Gasteiger charge is 2.17. The SMILES string of the molecule is c1ccc2c(c1)nc(-n1cccn1)n2CN1CCOCC1. The molecule has 1 aliphatic rings. The lowest BCUT2D eigenvalue weighted by Gasteiger charge is -2.27. The quantitative estimate of drug-likeness (QED) is 0.731. The third kappa shape index (κ3) is 2.32. The minimum absolute atomic E-state index is 0.795. The highest BCUT2D eigenvalue weighted by atomic mass is 16.5. The van der Waals surface area contributed by atoms with Crippen molar-refractivity contribution in [2.24, 2.45) is 0 Å². The largest absolute Gasteiger partial charge is 0.379 e. The summed E-state index contributed by atoms with van der Waals surface area (Å²) in [6, 6.07) is 10.1. The number of imidazole rings is 1. The Labute approximate surface area is 122 Å². The number of benzene rings is 1. The van der Waals surface area contributed by atoms with Crippen LogP contribution in [0.15, 0.2) is 42.7 Å². The van der Waals surface area contributed by atoms with E-state index in [4.69, 9.17) is 9.72 Å². The normalized spacial score (nSPS) is 16.6. The van der Waals surface area contributed by atoms with Crippen molar-refractivity contribution in [3.63, 3.8) is 0 Å². The van der Waals surface area contributed by atoms with Crippen LogP contribution in [0.4, 0.5) is 0 Å². The van der Waals surface area contributed by atoms with Crippen LogP contribution in [0.2, 0.25) is 0 Å². The number of nitrogens with zero attached hydrogens (tertiary/aromatic N) is 5. The zero-order valence-electron chi connectivity index (χ0n) is 11.7. The summed E-state index contributed by atoms with van der Waals surface area (Å²) < 4.78 is 9.46. The van der Waals surface area contributed by atoms with Crippen molar-refractivity contribution >= 4 is 11.0 Å². The lowest BCUT2D eigenvalue weighted by atomic mass is 10.3. The van der Waals surface area contributed by atoms with Crippen molar-refractivity contribution in [1.29, 1.82) is 0 Å². The molecule has 3 heterocycles. The summed E-state index contributed by atoms with van der Waals surface area (Å²) >= 11 is 0. The third-order valence-electron chi connectivity index (χ3n) is 3.79. The Bertz CT molecular complexity index is 728. The van der Waals surface area contributed by atoms with E-state index in [1.54, 1.807) is 6.20 Å². The Morgan fingerprint density at radius 3 is 2.76 bits per heavy atom. The van der Waals surface area contributed by atoms with Gasteiger partial charge in [-0.25, -0.2) is 9.67 Å². The molecule has 2 aromatic heterocycles. The van der Waals surface area contributed by atoms with Crippen molar-refractivity contribution in [3.05, 3.63) is 42.7 Å². The zero-order valence-corrected chi connectivity index (χ0v) is 11.7. The van der Waals surface area contributed by atoms with Crippen LogP contribution in [-0.2, 0) is 11.4 Å². The Morgan fingerprint density at radius 2 is 1.95 bits per heavy atom. The molecular weight excluding hydrogens is 266 g/mol. The molecule has 0 radical (unpaired) electrons. The van der Waals surface area contributed by atoms with E-state index in [-0.39, 0.29) is 0 Å². The maximum atomic E-state index is 5.42. The summed E-state index contributed by atoms with van der Waals surface area (Å²) in [6.07, 6.45) is 3.70. The topological polar surface area (TPSA) is 48.1 Å². The van der Waals surface area contributed by atoms with Gasteiger partial charge in [0.2, 0.25) is 5.95 Å². The van der Waals surface area contributed by atoms with E-state index in [9.17, 15) is 0 Å². The van der Waals surface area contributed by atoms with Crippen molar-refractivity contribution in [1.82, 2.24) is 24.2 Å². The summed E-state index contributed by atoms with van der Waals surface area (Å²) in [5.41, 5.74) is 2.13. The van der Waals surface area contributed by atoms with Gasteiger partial charge in [-0.1, -0.05) is 12.1 Å². The van der Waals surface area contributed by atoms with Crippen molar-refractivity contribution in [2.75, 3.05) is 26.3 Å². The van der Waals surface area contributed by atoms with E-state index >= 15 is 0 Å². The van der Waals surface area contributed by atoms with Crippen LogP contribution >= 0.6 is 0 Å². The van der Waals surface area contributed by atoms with Crippen LogP contribution in [0.25, 0.3) is 17.0 Å². The van der Waals surface area contributed by atoms with E-state index in [1.807, 2.05) is 35.1 Å². The summed E-state index contributed by atoms with van der Waals surface area (Å²) in [5, 5.41) is 4.33. The molecule has 3 aromatic rings. The zero-order chi connectivity index (χ0) is 14.1. The lowest BCUT2D eigenvalue weighted by molar-refractivity contribution is 0.0240. The summed E-state index contributed by atoms with van der Waals surface area (Å²) in [6.45, 7) is 4.29. The van der Waals surface area contributed by atoms with Crippen molar-refractivity contribution in [2.45, 2.75) is 6.67 Å². The summed E-state index contributed by atoms with van der Waals surface area (Å²) in [7, 11) is 0. The first-order valence-corrected chi connectivity index (χ1v) is 7.17. The number of para-hydroxylation sites is 2. The number of rotatable bonds is 3. The van der Waals surface area contributed by atoms with Gasteiger partial charge in [-0.2, -0.15) is 5.10 Å². The number of morpholine rings is 1. The van der Waals surface area contributed by atoms with Crippen molar-refractivity contribution < 1.29 is 4.74 Å². The first-order valence-electron chi connectivity index (χ1n) is 7.17. The first-order chi connectivity index (χ1) is 10.4. The molecule has 6 nitrogen and oxygen atoms in total. The van der Waals surface area contributed by atoms with E-state index in [0.717, 1.165) is 50.0 Å². The number of hydrogen-bond acceptors (Lipinski definition) is 4. The molecule has 0 saturated carbocycles. The van der Waals surface area contributed by atoms with Gasteiger partial charge >= 0.3 is 0 Å². The maximum Gasteiger partial charge on any atom is 0.232 e. The minimum Gasteiger partial charge on any atom is -0.379 e. The molecule has 0 N–H and O–H groups in total. The molecule has 0 bridgehead atoms. The molecule has 1 saturated heterocycles. The highest BCUT2D eigenvalue weighted by Crippen LogP contribution is 2.19. The number of ether oxygens (including phenoxy) is 1. The highest BCUT2D eigenvalue weighted by molar-refractivity contribution is 5.77. The molecule has 0 spiro atoms. The van der Waals surface area contributed by atoms with E-state index in [2.05, 4.69) is 20.6 Å². The van der Waals surface area contributed by atoms with Crippen LogP contribution in [0.3, 0.4) is 0 Å². The molecule has 0 aliphatic carbocycles. The van der Waals surface area contributed by atoms with E-state index in [0.29, 0.717) is 0 Å². The molecule has 108 valence electrons. The Morgan fingerprint density at radius 1 is 1.10 bits per heavy atom. The Kier molecular flexibility index (Phi) is 3.17. The van der Waals surface area contributed by atoms with E-state index in [1.165, 1.54) is 0 Å². The molecule has 1 aromatic carbocycles. The number of fused-ring (bicyclic) bond motifs is 1. The van der Waals surface area contributed by atoms with Gasteiger partial charge in [0, 0.05) is 25.5 Å². The first kappa shape index (κ1) is 12.6. The fourth-order valence-corrected chi connectivity index (χ4v) is 2.71. The van der Waals surface area contributed by atoms with Gasteiger partial charge in [0.15, 0.2) is 0 Å². The molecule has 6 heteroatoms. The Balaban J connectivity index is 1.78. The third-order valence-corrected chi connectivity index (χ3v) is 3.79. The molecule has 1 aliphatic heterocycles. The predicted octanol–water partition coefficient (Wildman–Crippen LogP) is 1.51. The average Bonchev–Trinajstić information content (AvgIpc) is 3.16. The molecule has 1 fully saturated rings. The maximum absolute atomic E-state index is 5.42. The molecule has 4 rings (SSSR count). The fraction of sp³-hybridized carbons (Fsp3) is 0.333. The van der Waals surface area contributed by atoms with Gasteiger partial charge in [-0.15, -0.1) is 0 Å². The van der Waals surface area contributed by atoms with Gasteiger partial charge in [0.05, 0.1) is 30.9 Å². The van der Waals surface area contributed by atoms with Gasteiger partial charge < -0.3 is 4.74 Å². The van der Waals surface area contributed by atoms with Gasteiger partial charge in [0.1, 0.15) is 0 Å². The molecule has 0 atom stereocenters. The number of hydrogen-bond donors (Lipinski definition) is 0. The molecule has 21 heavy (non-hydrogen) atoms. The smallest absolute Gasteiger partial charge is 0.232 e. The van der Waals surface area contributed by atoms with Crippen LogP contribution in [-0.4, -0.2) is 50.5 Å². The molecular formula is C15H17N5O.